The summed E-state index contributed by atoms with van der Waals surface area (Å²) in [6, 6.07) is 57.4. The first-order valence-corrected chi connectivity index (χ1v) is 35.9. The van der Waals surface area contributed by atoms with Gasteiger partial charge in [0.05, 0.1) is 30.3 Å². The number of nitro groups is 1. The Kier molecular flexibility index (Phi) is 20.8. The molecule has 3 N–H and O–H groups in total. The highest BCUT2D eigenvalue weighted by atomic mass is 16.6. The smallest absolute Gasteiger partial charge is 0.407 e. The molecule has 6 aromatic rings. The highest BCUT2D eigenvalue weighted by Gasteiger charge is 2.61. The van der Waals surface area contributed by atoms with Gasteiger partial charge >= 0.3 is 24.0 Å². The quantitative estimate of drug-likeness (QED) is 0.0380. The number of fused-ring (bicyclic) bond motifs is 6. The summed E-state index contributed by atoms with van der Waals surface area (Å²) in [5.41, 5.74) is 12.0. The van der Waals surface area contributed by atoms with Gasteiger partial charge in [0.25, 0.3) is 0 Å². The molecule has 0 bridgehead atoms. The van der Waals surface area contributed by atoms with Gasteiger partial charge < -0.3 is 30.0 Å². The lowest BCUT2D eigenvalue weighted by Gasteiger charge is -2.48. The maximum atomic E-state index is 14.6. The second-order valence-electron chi connectivity index (χ2n) is 28.8. The molecule has 6 aliphatic carbocycles. The van der Waals surface area contributed by atoms with Crippen molar-refractivity contribution in [3.63, 3.8) is 0 Å². The van der Waals surface area contributed by atoms with Crippen LogP contribution in [0.3, 0.4) is 0 Å². The van der Waals surface area contributed by atoms with Gasteiger partial charge in [0.2, 0.25) is 23.8 Å². The number of para-hydroxylation sites is 6. The third-order valence-electron chi connectivity index (χ3n) is 23.2. The average Bonchev–Trinajstić information content (AvgIpc) is 1.41. The number of rotatable bonds is 12. The van der Waals surface area contributed by atoms with Crippen molar-refractivity contribution in [3.8, 4) is 0 Å². The highest BCUT2D eigenvalue weighted by Crippen LogP contribution is 2.57. The SMILES string of the molecule is CCOC(=O)N[C@H]1CC[C@H]2[C@H](C1)C[C@@H]1C(=O)O[C@@H](C)[C@@H]1[C@@H]2C(=O)N(c1ccccc1)c1ccccc1.C[C@@H]1OC(=O)[C@H]2C=C3C[C@@H]([N+](=O)[O-])CC[C@@H]3[C@@H](C(=O)N(c3ccccc3)c3ccccc3)[C@@H]12.C[C@@H]1OC(=O)[C@H]2C[C@H]3C[C@@H](N)CC[C@@H]3[C@@H](C(=O)N(c3ccccc3)c3ccccc3)[C@@H]12. The molecule has 0 radical (unpaired) electrons. The van der Waals surface area contributed by atoms with E-state index in [0.29, 0.717) is 31.8 Å². The molecule has 5 saturated carbocycles. The lowest BCUT2D eigenvalue weighted by atomic mass is 9.56. The summed E-state index contributed by atoms with van der Waals surface area (Å²) < 4.78 is 22.0. The van der Waals surface area contributed by atoms with Gasteiger partial charge in [0, 0.05) is 93.6 Å². The van der Waals surface area contributed by atoms with Gasteiger partial charge in [-0.1, -0.05) is 121 Å². The fraction of sp³-hybridized carbons (Fsp3) is 0.444. The van der Waals surface area contributed by atoms with Gasteiger partial charge in [-0.05, 0) is 188 Å². The summed E-state index contributed by atoms with van der Waals surface area (Å²) in [5.74, 6) is -2.70. The zero-order valence-corrected chi connectivity index (χ0v) is 57.1. The van der Waals surface area contributed by atoms with Crippen LogP contribution >= 0.6 is 0 Å². The topological polar surface area (TPSA) is 247 Å². The summed E-state index contributed by atoms with van der Waals surface area (Å²) in [5, 5.41) is 14.5. The van der Waals surface area contributed by atoms with E-state index in [-0.39, 0.29) is 136 Å². The zero-order valence-electron chi connectivity index (χ0n) is 57.1. The molecule has 15 rings (SSSR count). The van der Waals surface area contributed by atoms with E-state index in [1.54, 1.807) is 11.8 Å². The number of nitrogens with zero attached hydrogens (tertiary/aromatic N) is 4. The third-order valence-corrected chi connectivity index (χ3v) is 23.2. The molecule has 3 aliphatic heterocycles. The van der Waals surface area contributed by atoms with Crippen LogP contribution in [-0.2, 0) is 47.7 Å². The maximum Gasteiger partial charge on any atom is 0.407 e. The summed E-state index contributed by atoms with van der Waals surface area (Å²) in [4.78, 5) is 110. The molecule has 0 aromatic heterocycles. The first-order chi connectivity index (χ1) is 48.5. The lowest BCUT2D eigenvalue weighted by molar-refractivity contribution is -0.524. The van der Waals surface area contributed by atoms with E-state index in [4.69, 9.17) is 24.7 Å². The second kappa shape index (κ2) is 30.1. The first kappa shape index (κ1) is 69.0. The van der Waals surface area contributed by atoms with E-state index in [1.807, 2.05) is 219 Å². The van der Waals surface area contributed by atoms with Crippen LogP contribution in [0, 0.1) is 93.0 Å². The van der Waals surface area contributed by atoms with Crippen molar-refractivity contribution in [1.29, 1.82) is 0 Å². The van der Waals surface area contributed by atoms with Crippen molar-refractivity contribution in [3.05, 3.63) is 204 Å². The van der Waals surface area contributed by atoms with Crippen molar-refractivity contribution < 1.29 is 57.4 Å². The number of alkyl carbamates (subject to hydrolysis) is 1. The minimum atomic E-state index is -0.672. The Morgan fingerprint density at radius 3 is 1.28 bits per heavy atom. The van der Waals surface area contributed by atoms with E-state index in [0.717, 1.165) is 84.6 Å². The van der Waals surface area contributed by atoms with E-state index in [9.17, 15) is 43.7 Å². The summed E-state index contributed by atoms with van der Waals surface area (Å²) in [6.07, 6.45) is 8.35. The number of carbonyl (C=O) groups is 7. The highest BCUT2D eigenvalue weighted by molar-refractivity contribution is 6.05. The normalized spacial score (nSPS) is 31.9. The van der Waals surface area contributed by atoms with Crippen LogP contribution < -0.4 is 25.8 Å². The van der Waals surface area contributed by atoms with Crippen LogP contribution in [0.4, 0.5) is 38.9 Å². The van der Waals surface area contributed by atoms with E-state index in [2.05, 4.69) is 5.32 Å². The minimum Gasteiger partial charge on any atom is -0.462 e. The van der Waals surface area contributed by atoms with Crippen LogP contribution in [0.15, 0.2) is 194 Å². The number of cyclic esters (lactones) is 3. The number of esters is 3. The molecule has 8 fully saturated rings. The van der Waals surface area contributed by atoms with Crippen molar-refractivity contribution >= 4 is 75.8 Å². The molecule has 0 unspecified atom stereocenters. The third kappa shape index (κ3) is 13.9. The molecule has 4 amide bonds. The molecular formula is C81H90N6O13. The molecule has 20 atom stereocenters. The number of carbonyl (C=O) groups excluding carboxylic acids is 7. The predicted octanol–water partition coefficient (Wildman–Crippen LogP) is 13.9. The van der Waals surface area contributed by atoms with Crippen molar-refractivity contribution in [1.82, 2.24) is 5.32 Å². The number of benzene rings is 6. The fourth-order valence-corrected chi connectivity index (χ4v) is 19.1. The van der Waals surface area contributed by atoms with Crippen molar-refractivity contribution in [2.75, 3.05) is 21.3 Å². The average molecular weight is 1360 g/mol. The van der Waals surface area contributed by atoms with Crippen molar-refractivity contribution in [2.45, 2.75) is 135 Å². The fourth-order valence-electron chi connectivity index (χ4n) is 19.1. The Morgan fingerprint density at radius 2 is 0.870 bits per heavy atom. The number of amides is 4. The van der Waals surface area contributed by atoms with Crippen LogP contribution in [0.25, 0.3) is 0 Å². The van der Waals surface area contributed by atoms with Crippen LogP contribution in [0.5, 0.6) is 0 Å². The molecule has 19 heteroatoms. The summed E-state index contributed by atoms with van der Waals surface area (Å²) in [6.45, 7) is 7.83. The largest absolute Gasteiger partial charge is 0.462 e. The monoisotopic (exact) mass is 1350 g/mol. The molecule has 6 aromatic carbocycles. The van der Waals surface area contributed by atoms with Gasteiger partial charge in [0.15, 0.2) is 0 Å². The molecule has 19 nitrogen and oxygen atoms in total. The van der Waals surface area contributed by atoms with Gasteiger partial charge in [-0.15, -0.1) is 0 Å². The molecular weight excluding hydrogens is 1260 g/mol. The maximum absolute atomic E-state index is 14.6. The predicted molar refractivity (Wildman–Crippen MR) is 377 cm³/mol. The molecule has 3 heterocycles. The molecule has 100 heavy (non-hydrogen) atoms. The van der Waals surface area contributed by atoms with Crippen LogP contribution in [-0.4, -0.2) is 89.7 Å². The van der Waals surface area contributed by atoms with Gasteiger partial charge in [0.1, 0.15) is 18.3 Å². The minimum absolute atomic E-state index is 0.0130. The Bertz CT molecular complexity index is 3830. The lowest BCUT2D eigenvalue weighted by Crippen LogP contribution is -2.53. The van der Waals surface area contributed by atoms with Gasteiger partial charge in [-0.3, -0.25) is 53.6 Å². The Labute approximate surface area is 584 Å². The van der Waals surface area contributed by atoms with Crippen LogP contribution in [0.1, 0.15) is 98.3 Å². The number of nitrogens with one attached hydrogen (secondary N) is 1. The second-order valence-corrected chi connectivity index (χ2v) is 28.8. The van der Waals surface area contributed by atoms with E-state index in [1.165, 1.54) is 0 Å². The van der Waals surface area contributed by atoms with E-state index >= 15 is 0 Å². The standard InChI is InChI=1S/C29H34N2O5.C26H26N2O5.C26H30N2O3/c1-3-35-29(34)30-20-14-15-23-19(16-20)17-24-25(18(2)36-28(24)33)26(23)27(32)31(21-10-6-4-7-11-21)22-12-8-5-9-13-22;1-16-23-22(26(30)33-16)15-17-14-20(28(31)32)12-13-21(17)24(23)25(29)27(18-8-4-2-5-9-18)19-10-6-3-7-11-19;1-16-23-22(26(30)31-16)15-17-14-18(27)12-13-21(17)24(23)25(29)28(19-8-4-2-5-9-19)20-10-6-3-7-11-20/h4-13,18-20,23-26H,3,14-17H2,1-2H3,(H,30,34);2-11,15-16,20-24H,12-14H2,1H3;2-11,16-18,21-24H,12-15,27H2,1H3/t18-,19+,20-,23-,24-,25-,26+;16-,20-,21-,22-,23-,24+;16-,17+,18-,21-,22-,23-,24+/m000/s1. The number of nitrogens with two attached hydrogens (primary N) is 1. The summed E-state index contributed by atoms with van der Waals surface area (Å²) >= 11 is 0. The van der Waals surface area contributed by atoms with Gasteiger partial charge in [-0.25, -0.2) is 4.79 Å². The van der Waals surface area contributed by atoms with E-state index < -0.39 is 30.1 Å². The molecule has 9 aliphatic rings. The van der Waals surface area contributed by atoms with Crippen molar-refractivity contribution in [2.24, 2.45) is 88.6 Å². The summed E-state index contributed by atoms with van der Waals surface area (Å²) in [7, 11) is 0. The zero-order chi connectivity index (χ0) is 69.9. The number of hydrogen-bond donors (Lipinski definition) is 2. The molecule has 3 saturated heterocycles. The Morgan fingerprint density at radius 1 is 0.490 bits per heavy atom. The number of anilines is 6. The number of ether oxygens (including phenoxy) is 4. The molecule has 0 spiro atoms. The van der Waals surface area contributed by atoms with Gasteiger partial charge in [-0.2, -0.15) is 0 Å². The Balaban J connectivity index is 0.000000135. The number of hydrogen-bond acceptors (Lipinski definition) is 14. The first-order valence-electron chi connectivity index (χ1n) is 35.9. The van der Waals surface area contributed by atoms with Crippen LogP contribution in [0.2, 0.25) is 0 Å². The molecule has 522 valence electrons. The Hall–Kier alpha value is -9.49.